The third-order valence-corrected chi connectivity index (χ3v) is 4.54. The Bertz CT molecular complexity index is 713. The monoisotopic (exact) mass is 359 g/mol. The Labute approximate surface area is 153 Å². The molecular weight excluding hydrogens is 338 g/mol. The molecule has 1 fully saturated rings. The lowest BCUT2D eigenvalue weighted by atomic mass is 10.2. The van der Waals surface area contributed by atoms with Gasteiger partial charge in [-0.3, -0.25) is 9.69 Å². The largest absolute Gasteiger partial charge is 0.497 e. The minimum absolute atomic E-state index is 0.00264. The van der Waals surface area contributed by atoms with Crippen molar-refractivity contribution in [3.8, 4) is 5.75 Å². The average Bonchev–Trinajstić information content (AvgIpc) is 2.64. The predicted molar refractivity (Wildman–Crippen MR) is 102 cm³/mol. The van der Waals surface area contributed by atoms with Gasteiger partial charge in [0.2, 0.25) is 5.91 Å². The summed E-state index contributed by atoms with van der Waals surface area (Å²) >= 11 is 5.85. The van der Waals surface area contributed by atoms with Gasteiger partial charge >= 0.3 is 0 Å². The number of carbonyl (C=O) groups is 1. The number of rotatable bonds is 5. The molecule has 25 heavy (non-hydrogen) atoms. The molecule has 0 bridgehead atoms. The fraction of sp³-hybridized carbons (Fsp3) is 0.316. The van der Waals surface area contributed by atoms with E-state index in [9.17, 15) is 4.79 Å². The van der Waals surface area contributed by atoms with E-state index in [2.05, 4.69) is 21.2 Å². The molecule has 0 aromatic heterocycles. The molecule has 0 aliphatic carbocycles. The summed E-state index contributed by atoms with van der Waals surface area (Å²) in [7, 11) is 1.68. The molecule has 0 unspecified atom stereocenters. The van der Waals surface area contributed by atoms with E-state index < -0.39 is 0 Å². The Hall–Kier alpha value is -2.24. The molecule has 1 saturated heterocycles. The molecule has 1 aliphatic rings. The molecule has 1 N–H and O–H groups in total. The molecule has 2 aromatic carbocycles. The van der Waals surface area contributed by atoms with Crippen LogP contribution in [-0.4, -0.2) is 50.6 Å². The second-order valence-electron chi connectivity index (χ2n) is 6.02. The van der Waals surface area contributed by atoms with E-state index in [-0.39, 0.29) is 5.91 Å². The van der Waals surface area contributed by atoms with Gasteiger partial charge in [0.1, 0.15) is 5.75 Å². The van der Waals surface area contributed by atoms with Crippen LogP contribution in [0.1, 0.15) is 0 Å². The quantitative estimate of drug-likeness (QED) is 0.891. The Morgan fingerprint density at radius 1 is 1.12 bits per heavy atom. The Morgan fingerprint density at radius 2 is 1.84 bits per heavy atom. The lowest BCUT2D eigenvalue weighted by molar-refractivity contribution is -0.117. The van der Waals surface area contributed by atoms with Gasteiger partial charge < -0.3 is 15.0 Å². The number of amides is 1. The highest BCUT2D eigenvalue weighted by Gasteiger charge is 2.19. The number of hydrogen-bond acceptors (Lipinski definition) is 4. The van der Waals surface area contributed by atoms with Crippen molar-refractivity contribution in [2.75, 3.05) is 50.1 Å². The Balaban J connectivity index is 1.48. The second kappa shape index (κ2) is 8.23. The lowest BCUT2D eigenvalue weighted by Crippen LogP contribution is -2.48. The van der Waals surface area contributed by atoms with E-state index in [4.69, 9.17) is 16.3 Å². The third-order valence-electron chi connectivity index (χ3n) is 4.29. The number of nitrogens with one attached hydrogen (secondary N) is 1. The summed E-state index contributed by atoms with van der Waals surface area (Å²) in [4.78, 5) is 16.7. The maximum atomic E-state index is 12.2. The van der Waals surface area contributed by atoms with E-state index in [1.807, 2.05) is 18.2 Å². The van der Waals surface area contributed by atoms with Gasteiger partial charge in [0.15, 0.2) is 0 Å². The fourth-order valence-corrected chi connectivity index (χ4v) is 3.03. The van der Waals surface area contributed by atoms with Gasteiger partial charge in [0, 0.05) is 48.6 Å². The van der Waals surface area contributed by atoms with E-state index in [0.29, 0.717) is 11.6 Å². The van der Waals surface area contributed by atoms with Crippen LogP contribution in [0.5, 0.6) is 5.75 Å². The zero-order chi connectivity index (χ0) is 17.6. The van der Waals surface area contributed by atoms with Gasteiger partial charge in [0.25, 0.3) is 0 Å². The molecule has 132 valence electrons. The highest BCUT2D eigenvalue weighted by atomic mass is 35.5. The zero-order valence-electron chi connectivity index (χ0n) is 14.2. The molecular formula is C19H22ClN3O2. The van der Waals surface area contributed by atoms with E-state index in [1.54, 1.807) is 31.4 Å². The maximum absolute atomic E-state index is 12.2. The molecule has 1 aliphatic heterocycles. The van der Waals surface area contributed by atoms with Crippen molar-refractivity contribution in [1.29, 1.82) is 0 Å². The highest BCUT2D eigenvalue weighted by Crippen LogP contribution is 2.22. The van der Waals surface area contributed by atoms with Crippen LogP contribution in [0.15, 0.2) is 48.5 Å². The van der Waals surface area contributed by atoms with Crippen LogP contribution in [0, 0.1) is 0 Å². The summed E-state index contributed by atoms with van der Waals surface area (Å²) in [6.45, 7) is 3.88. The zero-order valence-corrected chi connectivity index (χ0v) is 15.0. The number of anilines is 2. The maximum Gasteiger partial charge on any atom is 0.238 e. The van der Waals surface area contributed by atoms with Crippen LogP contribution in [0.25, 0.3) is 0 Å². The Morgan fingerprint density at radius 3 is 2.52 bits per heavy atom. The molecule has 5 nitrogen and oxygen atoms in total. The van der Waals surface area contributed by atoms with E-state index in [0.717, 1.165) is 43.3 Å². The third kappa shape index (κ3) is 4.87. The number of benzene rings is 2. The number of halogens is 1. The number of carbonyl (C=O) groups excluding carboxylic acids is 1. The van der Waals surface area contributed by atoms with Crippen LogP contribution < -0.4 is 15.0 Å². The van der Waals surface area contributed by atoms with Crippen LogP contribution >= 0.6 is 11.6 Å². The molecule has 1 heterocycles. The number of hydrogen-bond donors (Lipinski definition) is 1. The molecule has 0 spiro atoms. The van der Waals surface area contributed by atoms with Crippen molar-refractivity contribution in [1.82, 2.24) is 4.90 Å². The molecule has 0 atom stereocenters. The van der Waals surface area contributed by atoms with Crippen molar-refractivity contribution in [2.24, 2.45) is 0 Å². The van der Waals surface area contributed by atoms with Crippen LogP contribution in [0.3, 0.4) is 0 Å². The number of methoxy groups -OCH3 is 1. The summed E-state index contributed by atoms with van der Waals surface area (Å²) in [5.41, 5.74) is 1.93. The summed E-state index contributed by atoms with van der Waals surface area (Å²) in [6, 6.07) is 15.2. The normalized spacial score (nSPS) is 15.0. The smallest absolute Gasteiger partial charge is 0.238 e. The number of ether oxygens (including phenoxy) is 1. The molecule has 3 rings (SSSR count). The lowest BCUT2D eigenvalue weighted by Gasteiger charge is -2.35. The van der Waals surface area contributed by atoms with Crippen molar-refractivity contribution in [3.05, 3.63) is 53.6 Å². The van der Waals surface area contributed by atoms with Crippen molar-refractivity contribution >= 4 is 28.9 Å². The van der Waals surface area contributed by atoms with Crippen molar-refractivity contribution < 1.29 is 9.53 Å². The van der Waals surface area contributed by atoms with Crippen LogP contribution in [0.4, 0.5) is 11.4 Å². The summed E-state index contributed by atoms with van der Waals surface area (Å²) in [5, 5.41) is 3.56. The minimum atomic E-state index is -0.00264. The van der Waals surface area contributed by atoms with Crippen LogP contribution in [0.2, 0.25) is 5.02 Å². The van der Waals surface area contributed by atoms with Gasteiger partial charge in [-0.2, -0.15) is 0 Å². The standard InChI is InChI=1S/C19H22ClN3O2/c1-25-18-4-2-3-17(13-18)23-11-9-22(10-12-23)14-19(24)21-16-7-5-15(20)6-8-16/h2-8,13H,9-12,14H2,1H3,(H,21,24). The van der Waals surface area contributed by atoms with Gasteiger partial charge in [-0.1, -0.05) is 17.7 Å². The van der Waals surface area contributed by atoms with E-state index >= 15 is 0 Å². The molecule has 1 amide bonds. The average molecular weight is 360 g/mol. The first kappa shape index (κ1) is 17.6. The summed E-state index contributed by atoms with van der Waals surface area (Å²) < 4.78 is 5.29. The van der Waals surface area contributed by atoms with E-state index in [1.165, 1.54) is 0 Å². The van der Waals surface area contributed by atoms with Crippen molar-refractivity contribution in [2.45, 2.75) is 0 Å². The number of piperazine rings is 1. The molecule has 0 saturated carbocycles. The SMILES string of the molecule is COc1cccc(N2CCN(CC(=O)Nc3ccc(Cl)cc3)CC2)c1. The Kier molecular flexibility index (Phi) is 5.79. The van der Waals surface area contributed by atoms with Gasteiger partial charge in [0.05, 0.1) is 13.7 Å². The van der Waals surface area contributed by atoms with Gasteiger partial charge in [-0.05, 0) is 36.4 Å². The minimum Gasteiger partial charge on any atom is -0.497 e. The van der Waals surface area contributed by atoms with Crippen LogP contribution in [-0.2, 0) is 4.79 Å². The topological polar surface area (TPSA) is 44.8 Å². The molecule has 2 aromatic rings. The predicted octanol–water partition coefficient (Wildman–Crippen LogP) is 3.11. The first-order valence-electron chi connectivity index (χ1n) is 8.31. The molecule has 6 heteroatoms. The van der Waals surface area contributed by atoms with Crippen molar-refractivity contribution in [3.63, 3.8) is 0 Å². The first-order valence-corrected chi connectivity index (χ1v) is 8.68. The summed E-state index contributed by atoms with van der Waals surface area (Å²) in [6.07, 6.45) is 0. The first-order chi connectivity index (χ1) is 12.1. The van der Waals surface area contributed by atoms with Gasteiger partial charge in [-0.15, -0.1) is 0 Å². The number of nitrogens with zero attached hydrogens (tertiary/aromatic N) is 2. The second-order valence-corrected chi connectivity index (χ2v) is 6.46. The summed E-state index contributed by atoms with van der Waals surface area (Å²) in [5.74, 6) is 0.861. The van der Waals surface area contributed by atoms with Gasteiger partial charge in [-0.25, -0.2) is 0 Å². The fourth-order valence-electron chi connectivity index (χ4n) is 2.91. The highest BCUT2D eigenvalue weighted by molar-refractivity contribution is 6.30. The molecule has 0 radical (unpaired) electrons.